The van der Waals surface area contributed by atoms with E-state index in [1.54, 1.807) is 12.1 Å². The van der Waals surface area contributed by atoms with Gasteiger partial charge in [-0.25, -0.2) is 9.37 Å². The van der Waals surface area contributed by atoms with Crippen LogP contribution in [0.4, 0.5) is 10.3 Å². The summed E-state index contributed by atoms with van der Waals surface area (Å²) in [7, 11) is 0. The van der Waals surface area contributed by atoms with E-state index in [1.165, 1.54) is 12.1 Å². The number of aromatic nitrogens is 2. The highest BCUT2D eigenvalue weighted by molar-refractivity contribution is 5.81. The summed E-state index contributed by atoms with van der Waals surface area (Å²) in [6.45, 7) is 3.50. The molecule has 0 saturated carbocycles. The van der Waals surface area contributed by atoms with Gasteiger partial charge < -0.3 is 19.3 Å². The predicted octanol–water partition coefficient (Wildman–Crippen LogP) is 3.07. The second-order valence-electron chi connectivity index (χ2n) is 8.02. The number of halogens is 1. The maximum Gasteiger partial charge on any atom is 0.252 e. The third kappa shape index (κ3) is 3.84. The van der Waals surface area contributed by atoms with Gasteiger partial charge in [-0.2, -0.15) is 4.98 Å². The van der Waals surface area contributed by atoms with Crippen molar-refractivity contribution in [1.82, 2.24) is 14.9 Å². The lowest BCUT2D eigenvalue weighted by Crippen LogP contribution is -2.42. The fourth-order valence-corrected chi connectivity index (χ4v) is 4.29. The van der Waals surface area contributed by atoms with Gasteiger partial charge in [-0.15, -0.1) is 0 Å². The summed E-state index contributed by atoms with van der Waals surface area (Å²) in [6, 6.07) is 5.88. The van der Waals surface area contributed by atoms with Crippen molar-refractivity contribution in [2.45, 2.75) is 44.8 Å². The average Bonchev–Trinajstić information content (AvgIpc) is 3.49. The molecular weight excluding hydrogens is 387 g/mol. The molecular formula is C22H25FN4O3. The van der Waals surface area contributed by atoms with E-state index in [0.29, 0.717) is 43.7 Å². The summed E-state index contributed by atoms with van der Waals surface area (Å²) < 4.78 is 25.0. The SMILES string of the molecule is O=C(C1CCCO1)N1CCc2nc(N3CCCC3)nc(Oc3ccc(F)cc3)c2C1. The zero-order valence-electron chi connectivity index (χ0n) is 16.8. The van der Waals surface area contributed by atoms with Crippen LogP contribution in [0.1, 0.15) is 36.9 Å². The van der Waals surface area contributed by atoms with Crippen LogP contribution in [-0.2, 0) is 22.5 Å². The van der Waals surface area contributed by atoms with E-state index >= 15 is 0 Å². The third-order valence-corrected chi connectivity index (χ3v) is 5.94. The van der Waals surface area contributed by atoms with Gasteiger partial charge in [0.05, 0.1) is 17.8 Å². The van der Waals surface area contributed by atoms with Gasteiger partial charge in [0.15, 0.2) is 0 Å². The van der Waals surface area contributed by atoms with Crippen LogP contribution < -0.4 is 9.64 Å². The second-order valence-corrected chi connectivity index (χ2v) is 8.02. The van der Waals surface area contributed by atoms with E-state index in [2.05, 4.69) is 4.90 Å². The van der Waals surface area contributed by atoms with Crippen LogP contribution in [0.5, 0.6) is 11.6 Å². The van der Waals surface area contributed by atoms with E-state index in [0.717, 1.165) is 50.0 Å². The molecule has 0 N–H and O–H groups in total. The lowest BCUT2D eigenvalue weighted by atomic mass is 10.1. The van der Waals surface area contributed by atoms with Gasteiger partial charge in [0.1, 0.15) is 17.7 Å². The summed E-state index contributed by atoms with van der Waals surface area (Å²) in [6.07, 6.45) is 4.24. The topological polar surface area (TPSA) is 67.8 Å². The number of benzene rings is 1. The number of carbonyl (C=O) groups is 1. The first-order valence-electron chi connectivity index (χ1n) is 10.7. The number of anilines is 1. The molecule has 4 heterocycles. The van der Waals surface area contributed by atoms with Crippen molar-refractivity contribution >= 4 is 11.9 Å². The van der Waals surface area contributed by atoms with Crippen LogP contribution in [0.25, 0.3) is 0 Å². The fourth-order valence-electron chi connectivity index (χ4n) is 4.29. The number of rotatable bonds is 4. The summed E-state index contributed by atoms with van der Waals surface area (Å²) >= 11 is 0. The van der Waals surface area contributed by atoms with E-state index in [-0.39, 0.29) is 17.8 Å². The molecule has 30 heavy (non-hydrogen) atoms. The number of hydrogen-bond acceptors (Lipinski definition) is 6. The Balaban J connectivity index is 1.46. The molecule has 7 nitrogen and oxygen atoms in total. The smallest absolute Gasteiger partial charge is 0.252 e. The summed E-state index contributed by atoms with van der Waals surface area (Å²) in [5, 5.41) is 0. The number of carbonyl (C=O) groups excluding carboxylic acids is 1. The molecule has 0 spiro atoms. The average molecular weight is 412 g/mol. The summed E-state index contributed by atoms with van der Waals surface area (Å²) in [5.41, 5.74) is 1.74. The molecule has 1 unspecified atom stereocenters. The molecule has 158 valence electrons. The molecule has 0 aliphatic carbocycles. The molecule has 8 heteroatoms. The molecule has 2 saturated heterocycles. The zero-order valence-corrected chi connectivity index (χ0v) is 16.8. The van der Waals surface area contributed by atoms with Gasteiger partial charge in [-0.05, 0) is 49.9 Å². The van der Waals surface area contributed by atoms with Crippen LogP contribution in [0.2, 0.25) is 0 Å². The third-order valence-electron chi connectivity index (χ3n) is 5.94. The van der Waals surface area contributed by atoms with Gasteiger partial charge in [-0.3, -0.25) is 4.79 Å². The molecule has 3 aliphatic heterocycles. The van der Waals surface area contributed by atoms with Gasteiger partial charge in [0.25, 0.3) is 5.91 Å². The van der Waals surface area contributed by atoms with Gasteiger partial charge in [0.2, 0.25) is 11.8 Å². The Labute approximate surface area is 174 Å². The Morgan fingerprint density at radius 2 is 1.90 bits per heavy atom. The van der Waals surface area contributed by atoms with E-state index < -0.39 is 0 Å². The second kappa shape index (κ2) is 8.18. The van der Waals surface area contributed by atoms with E-state index in [4.69, 9.17) is 19.4 Å². The molecule has 2 fully saturated rings. The maximum absolute atomic E-state index is 13.3. The summed E-state index contributed by atoms with van der Waals surface area (Å²) in [5.74, 6) is 1.32. The molecule has 5 rings (SSSR count). The number of amides is 1. The first-order chi connectivity index (χ1) is 14.7. The molecule has 2 aromatic rings. The maximum atomic E-state index is 13.3. The Bertz CT molecular complexity index is 925. The molecule has 3 aliphatic rings. The minimum atomic E-state index is -0.349. The van der Waals surface area contributed by atoms with Gasteiger partial charge >= 0.3 is 0 Å². The Hall–Kier alpha value is -2.74. The Morgan fingerprint density at radius 1 is 1.10 bits per heavy atom. The van der Waals surface area contributed by atoms with Crippen molar-refractivity contribution in [2.24, 2.45) is 0 Å². The lowest BCUT2D eigenvalue weighted by Gasteiger charge is -2.31. The molecule has 1 aromatic heterocycles. The van der Waals surface area contributed by atoms with Gasteiger partial charge in [-0.1, -0.05) is 0 Å². The predicted molar refractivity (Wildman–Crippen MR) is 108 cm³/mol. The lowest BCUT2D eigenvalue weighted by molar-refractivity contribution is -0.141. The van der Waals surface area contributed by atoms with Crippen molar-refractivity contribution in [2.75, 3.05) is 31.1 Å². The van der Waals surface area contributed by atoms with Gasteiger partial charge in [0, 0.05) is 32.7 Å². The molecule has 1 aromatic carbocycles. The number of ether oxygens (including phenoxy) is 2. The van der Waals surface area contributed by atoms with E-state index in [9.17, 15) is 9.18 Å². The zero-order chi connectivity index (χ0) is 20.5. The minimum Gasteiger partial charge on any atom is -0.438 e. The van der Waals surface area contributed by atoms with Crippen LogP contribution in [0.15, 0.2) is 24.3 Å². The largest absolute Gasteiger partial charge is 0.438 e. The standard InChI is InChI=1S/C22H25FN4O3/c23-15-5-7-16(8-6-15)30-20-17-14-27(21(28)19-4-3-13-29-19)12-9-18(17)24-22(25-20)26-10-1-2-11-26/h5-8,19H,1-4,9-14H2. The first-order valence-corrected chi connectivity index (χ1v) is 10.7. The quantitative estimate of drug-likeness (QED) is 0.769. The molecule has 0 radical (unpaired) electrons. The number of fused-ring (bicyclic) bond motifs is 1. The molecule has 1 atom stereocenters. The highest BCUT2D eigenvalue weighted by Gasteiger charge is 2.33. The minimum absolute atomic E-state index is 0.0227. The molecule has 0 bridgehead atoms. The van der Waals surface area contributed by atoms with Crippen LogP contribution in [0.3, 0.4) is 0 Å². The first kappa shape index (κ1) is 19.2. The van der Waals surface area contributed by atoms with E-state index in [1.807, 2.05) is 4.90 Å². The van der Waals surface area contributed by atoms with Crippen molar-refractivity contribution < 1.29 is 18.7 Å². The summed E-state index contributed by atoms with van der Waals surface area (Å²) in [4.78, 5) is 26.4. The Kier molecular flexibility index (Phi) is 5.25. The molecule has 1 amide bonds. The highest BCUT2D eigenvalue weighted by atomic mass is 19.1. The van der Waals surface area contributed by atoms with Crippen molar-refractivity contribution in [3.8, 4) is 11.6 Å². The van der Waals surface area contributed by atoms with Crippen molar-refractivity contribution in [3.05, 3.63) is 41.3 Å². The van der Waals surface area contributed by atoms with Crippen LogP contribution in [-0.4, -0.2) is 53.1 Å². The highest BCUT2D eigenvalue weighted by Crippen LogP contribution is 2.33. The fraction of sp³-hybridized carbons (Fsp3) is 0.500. The monoisotopic (exact) mass is 412 g/mol. The van der Waals surface area contributed by atoms with Crippen LogP contribution >= 0.6 is 0 Å². The number of hydrogen-bond donors (Lipinski definition) is 0. The normalized spacial score (nSPS) is 21.0. The van der Waals surface area contributed by atoms with Crippen molar-refractivity contribution in [1.29, 1.82) is 0 Å². The Morgan fingerprint density at radius 3 is 2.63 bits per heavy atom. The van der Waals surface area contributed by atoms with Crippen molar-refractivity contribution in [3.63, 3.8) is 0 Å². The van der Waals surface area contributed by atoms with Crippen LogP contribution in [0, 0.1) is 5.82 Å². The number of nitrogens with zero attached hydrogens (tertiary/aromatic N) is 4.